The smallest absolute Gasteiger partial charge is 0.261 e. The van der Waals surface area contributed by atoms with Crippen LogP contribution in [-0.4, -0.2) is 21.7 Å². The Morgan fingerprint density at radius 2 is 1.92 bits per heavy atom. The molecule has 0 saturated carbocycles. The molecular weight excluding hydrogens is 322 g/mol. The average Bonchev–Trinajstić information content (AvgIpc) is 2.62. The molecule has 0 bridgehead atoms. The maximum atomic E-state index is 12.4. The third-order valence-corrected chi connectivity index (χ3v) is 4.43. The number of anilines is 1. The topological polar surface area (TPSA) is 64.0 Å². The van der Waals surface area contributed by atoms with Crippen molar-refractivity contribution in [2.45, 2.75) is 17.9 Å². The second-order valence-corrected chi connectivity index (χ2v) is 6.17. The van der Waals surface area contributed by atoms with Crippen molar-refractivity contribution in [1.29, 1.82) is 0 Å². The van der Waals surface area contributed by atoms with E-state index in [4.69, 9.17) is 0 Å². The van der Waals surface area contributed by atoms with Crippen LogP contribution in [0.3, 0.4) is 0 Å². The molecule has 0 unspecified atom stereocenters. The lowest BCUT2D eigenvalue weighted by Gasteiger charge is -2.08. The number of fused-ring (bicyclic) bond motifs is 1. The highest BCUT2D eigenvalue weighted by atomic mass is 32.2. The Hall–Kier alpha value is -2.60. The van der Waals surface area contributed by atoms with Crippen molar-refractivity contribution in [2.24, 2.45) is 0 Å². The second-order valence-electron chi connectivity index (χ2n) is 5.29. The molecule has 6 heteroatoms. The number of aromatic nitrogens is 2. The highest BCUT2D eigenvalue weighted by Gasteiger charge is 2.07. The fourth-order valence-electron chi connectivity index (χ4n) is 2.39. The summed E-state index contributed by atoms with van der Waals surface area (Å²) in [6.07, 6.45) is 3.71. The summed E-state index contributed by atoms with van der Waals surface area (Å²) in [4.78, 5) is 29.8. The summed E-state index contributed by atoms with van der Waals surface area (Å²) in [5.74, 6) is -0.132. The van der Waals surface area contributed by atoms with Gasteiger partial charge in [-0.1, -0.05) is 12.1 Å². The highest BCUT2D eigenvalue weighted by Crippen LogP contribution is 2.17. The van der Waals surface area contributed by atoms with Gasteiger partial charge >= 0.3 is 0 Å². The number of carbonyl (C=O) groups excluding carboxylic acids is 1. The van der Waals surface area contributed by atoms with Gasteiger partial charge in [-0.3, -0.25) is 14.2 Å². The molecule has 24 heavy (non-hydrogen) atoms. The number of amides is 1. The molecule has 5 nitrogen and oxygen atoms in total. The summed E-state index contributed by atoms with van der Waals surface area (Å²) in [5, 5.41) is 3.40. The number of hydrogen-bond donors (Lipinski definition) is 1. The number of aryl methyl sites for hydroxylation is 1. The van der Waals surface area contributed by atoms with Gasteiger partial charge in [0, 0.05) is 23.5 Å². The van der Waals surface area contributed by atoms with Gasteiger partial charge in [0.1, 0.15) is 0 Å². The van der Waals surface area contributed by atoms with E-state index in [1.54, 1.807) is 30.0 Å². The second kappa shape index (κ2) is 7.31. The van der Waals surface area contributed by atoms with E-state index < -0.39 is 0 Å². The zero-order valence-electron chi connectivity index (χ0n) is 13.2. The van der Waals surface area contributed by atoms with Gasteiger partial charge in [-0.05, 0) is 42.7 Å². The summed E-state index contributed by atoms with van der Waals surface area (Å²) >= 11 is 1.65. The van der Waals surface area contributed by atoms with E-state index in [2.05, 4.69) is 10.3 Å². The number of rotatable bonds is 5. The van der Waals surface area contributed by atoms with Gasteiger partial charge < -0.3 is 5.32 Å². The largest absolute Gasteiger partial charge is 0.326 e. The Balaban J connectivity index is 1.65. The molecule has 3 aromatic rings. The van der Waals surface area contributed by atoms with Crippen LogP contribution in [-0.2, 0) is 11.3 Å². The number of para-hydroxylation sites is 1. The third kappa shape index (κ3) is 3.65. The highest BCUT2D eigenvalue weighted by molar-refractivity contribution is 7.98. The quantitative estimate of drug-likeness (QED) is 0.725. The number of hydrogen-bond acceptors (Lipinski definition) is 4. The van der Waals surface area contributed by atoms with E-state index in [0.29, 0.717) is 17.4 Å². The van der Waals surface area contributed by atoms with Crippen LogP contribution < -0.4 is 10.9 Å². The van der Waals surface area contributed by atoms with Crippen LogP contribution in [0.15, 0.2) is 64.5 Å². The normalized spacial score (nSPS) is 10.7. The Morgan fingerprint density at radius 1 is 1.17 bits per heavy atom. The van der Waals surface area contributed by atoms with Crippen molar-refractivity contribution in [2.75, 3.05) is 11.6 Å². The minimum atomic E-state index is -0.132. The molecule has 0 aliphatic rings. The van der Waals surface area contributed by atoms with Gasteiger partial charge in [-0.15, -0.1) is 11.8 Å². The van der Waals surface area contributed by atoms with Crippen molar-refractivity contribution in [1.82, 2.24) is 9.55 Å². The van der Waals surface area contributed by atoms with E-state index in [1.165, 1.54) is 10.9 Å². The van der Waals surface area contributed by atoms with Crippen LogP contribution in [0, 0.1) is 0 Å². The zero-order valence-corrected chi connectivity index (χ0v) is 14.0. The van der Waals surface area contributed by atoms with E-state index >= 15 is 0 Å². The first-order chi connectivity index (χ1) is 11.7. The Kier molecular flexibility index (Phi) is 4.96. The molecule has 0 fully saturated rings. The van der Waals surface area contributed by atoms with Gasteiger partial charge in [-0.25, -0.2) is 4.98 Å². The van der Waals surface area contributed by atoms with Crippen LogP contribution >= 0.6 is 11.8 Å². The lowest BCUT2D eigenvalue weighted by Crippen LogP contribution is -2.23. The van der Waals surface area contributed by atoms with Crippen LogP contribution in [0.1, 0.15) is 6.42 Å². The number of carbonyl (C=O) groups is 1. The van der Waals surface area contributed by atoms with Crippen LogP contribution in [0.5, 0.6) is 0 Å². The molecule has 1 amide bonds. The van der Waals surface area contributed by atoms with E-state index in [0.717, 1.165) is 10.6 Å². The molecule has 0 aliphatic carbocycles. The lowest BCUT2D eigenvalue weighted by atomic mass is 10.2. The molecule has 3 rings (SSSR count). The van der Waals surface area contributed by atoms with Gasteiger partial charge in [0.25, 0.3) is 5.56 Å². The minimum absolute atomic E-state index is 0.127. The van der Waals surface area contributed by atoms with Crippen molar-refractivity contribution >= 4 is 34.3 Å². The maximum absolute atomic E-state index is 12.4. The Labute approximate surface area is 143 Å². The van der Waals surface area contributed by atoms with E-state index in [-0.39, 0.29) is 17.9 Å². The van der Waals surface area contributed by atoms with Crippen LogP contribution in [0.25, 0.3) is 10.9 Å². The van der Waals surface area contributed by atoms with E-state index in [9.17, 15) is 9.59 Å². The minimum Gasteiger partial charge on any atom is -0.326 e. The summed E-state index contributed by atoms with van der Waals surface area (Å²) in [6, 6.07) is 14.8. The maximum Gasteiger partial charge on any atom is 0.261 e. The molecule has 2 aromatic carbocycles. The van der Waals surface area contributed by atoms with Crippen molar-refractivity contribution < 1.29 is 4.79 Å². The van der Waals surface area contributed by atoms with Gasteiger partial charge in [0.05, 0.1) is 17.2 Å². The lowest BCUT2D eigenvalue weighted by molar-refractivity contribution is -0.116. The zero-order chi connectivity index (χ0) is 16.9. The summed E-state index contributed by atoms with van der Waals surface area (Å²) in [6.45, 7) is 0.297. The van der Waals surface area contributed by atoms with Crippen LogP contribution in [0.4, 0.5) is 5.69 Å². The van der Waals surface area contributed by atoms with Crippen LogP contribution in [0.2, 0.25) is 0 Å². The van der Waals surface area contributed by atoms with Crippen molar-refractivity contribution in [3.8, 4) is 0 Å². The summed E-state index contributed by atoms with van der Waals surface area (Å²) in [7, 11) is 0. The molecule has 1 N–H and O–H groups in total. The van der Waals surface area contributed by atoms with Gasteiger partial charge in [0.2, 0.25) is 5.91 Å². The molecule has 0 spiro atoms. The number of thioether (sulfide) groups is 1. The van der Waals surface area contributed by atoms with Crippen molar-refractivity contribution in [3.05, 3.63) is 65.2 Å². The molecule has 122 valence electrons. The predicted molar refractivity (Wildman–Crippen MR) is 97.5 cm³/mol. The fourth-order valence-corrected chi connectivity index (χ4v) is 2.79. The Bertz CT molecular complexity index is 919. The average molecular weight is 339 g/mol. The Morgan fingerprint density at radius 3 is 2.67 bits per heavy atom. The summed E-state index contributed by atoms with van der Waals surface area (Å²) in [5.41, 5.74) is 1.29. The first-order valence-electron chi connectivity index (χ1n) is 7.55. The number of nitrogens with one attached hydrogen (secondary N) is 1. The standard InChI is InChI=1S/C18H17N3O2S/c1-24-14-8-6-13(7-9-14)20-17(22)10-11-21-12-19-16-5-3-2-4-15(16)18(21)23/h2-9,12H,10-11H2,1H3,(H,20,22). The van der Waals surface area contributed by atoms with Gasteiger partial charge in [0.15, 0.2) is 0 Å². The van der Waals surface area contributed by atoms with Gasteiger partial charge in [-0.2, -0.15) is 0 Å². The van der Waals surface area contributed by atoms with E-state index in [1.807, 2.05) is 36.6 Å². The molecular formula is C18H17N3O2S. The predicted octanol–water partition coefficient (Wildman–Crippen LogP) is 3.15. The first-order valence-corrected chi connectivity index (χ1v) is 8.78. The number of benzene rings is 2. The monoisotopic (exact) mass is 339 g/mol. The summed E-state index contributed by atoms with van der Waals surface area (Å²) < 4.78 is 1.47. The molecule has 1 aromatic heterocycles. The molecule has 0 saturated heterocycles. The fraction of sp³-hybridized carbons (Fsp3) is 0.167. The molecule has 0 radical (unpaired) electrons. The SMILES string of the molecule is CSc1ccc(NC(=O)CCn2cnc3ccccc3c2=O)cc1. The first kappa shape index (κ1) is 16.3. The number of nitrogens with zero attached hydrogens (tertiary/aromatic N) is 2. The molecule has 0 aliphatic heterocycles. The molecule has 0 atom stereocenters. The molecule has 1 heterocycles. The van der Waals surface area contributed by atoms with Crippen molar-refractivity contribution in [3.63, 3.8) is 0 Å². The third-order valence-electron chi connectivity index (χ3n) is 3.69.